The van der Waals surface area contributed by atoms with Crippen molar-refractivity contribution in [3.63, 3.8) is 0 Å². The van der Waals surface area contributed by atoms with Gasteiger partial charge in [0.1, 0.15) is 12.4 Å². The van der Waals surface area contributed by atoms with Crippen molar-refractivity contribution in [2.75, 3.05) is 5.73 Å². The van der Waals surface area contributed by atoms with Crippen LogP contribution in [0.25, 0.3) is 0 Å². The molecule has 1 heterocycles. The number of rotatable bonds is 3. The fourth-order valence-electron chi connectivity index (χ4n) is 1.11. The summed E-state index contributed by atoms with van der Waals surface area (Å²) in [4.78, 5) is 0. The van der Waals surface area contributed by atoms with Gasteiger partial charge in [0.15, 0.2) is 11.6 Å². The van der Waals surface area contributed by atoms with Crippen molar-refractivity contribution in [2.24, 2.45) is 0 Å². The molecule has 1 aromatic heterocycles. The molecule has 0 fully saturated rings. The summed E-state index contributed by atoms with van der Waals surface area (Å²) in [5.41, 5.74) is 5.39. The number of nitrogen functional groups attached to an aromatic ring is 1. The Labute approximate surface area is 91.6 Å². The summed E-state index contributed by atoms with van der Waals surface area (Å²) in [6, 6.07) is 8.74. The predicted molar refractivity (Wildman–Crippen MR) is 56.7 cm³/mol. The van der Waals surface area contributed by atoms with E-state index in [2.05, 4.69) is 5.16 Å². The number of nitrogens with two attached hydrogens (primary N) is 1. The van der Waals surface area contributed by atoms with Crippen LogP contribution < -0.4 is 10.5 Å². The fourth-order valence-corrected chi connectivity index (χ4v) is 1.29. The molecular formula is C10H9ClN2O2. The zero-order valence-electron chi connectivity index (χ0n) is 7.81. The van der Waals surface area contributed by atoms with Crippen molar-refractivity contribution in [3.8, 4) is 5.75 Å². The molecule has 0 saturated carbocycles. The van der Waals surface area contributed by atoms with Crippen LogP contribution in [0.2, 0.25) is 5.02 Å². The molecule has 2 aromatic rings. The van der Waals surface area contributed by atoms with E-state index in [0.717, 1.165) is 0 Å². The van der Waals surface area contributed by atoms with Gasteiger partial charge in [0.2, 0.25) is 0 Å². The predicted octanol–water partition coefficient (Wildman–Crippen LogP) is 2.49. The third kappa shape index (κ3) is 2.63. The molecule has 2 rings (SSSR count). The van der Waals surface area contributed by atoms with Gasteiger partial charge in [-0.15, -0.1) is 0 Å². The molecule has 5 heteroatoms. The Balaban J connectivity index is 1.99. The summed E-state index contributed by atoms with van der Waals surface area (Å²) in [5, 5.41) is 4.17. The monoisotopic (exact) mass is 224 g/mol. The summed E-state index contributed by atoms with van der Waals surface area (Å²) in [5.74, 6) is 1.60. The first kappa shape index (κ1) is 9.86. The van der Waals surface area contributed by atoms with Crippen LogP contribution in [0.3, 0.4) is 0 Å². The van der Waals surface area contributed by atoms with Gasteiger partial charge in [-0.3, -0.25) is 0 Å². The largest absolute Gasteiger partial charge is 0.485 e. The minimum atomic E-state index is 0.282. The second kappa shape index (κ2) is 4.23. The average Bonchev–Trinajstić information content (AvgIpc) is 2.62. The number of ether oxygens (including phenoxy) is 1. The summed E-state index contributed by atoms with van der Waals surface area (Å²) in [6.07, 6.45) is 0. The van der Waals surface area contributed by atoms with E-state index in [9.17, 15) is 0 Å². The molecule has 15 heavy (non-hydrogen) atoms. The molecule has 0 atom stereocenters. The normalized spacial score (nSPS) is 10.2. The lowest BCUT2D eigenvalue weighted by atomic mass is 10.3. The highest BCUT2D eigenvalue weighted by Crippen LogP contribution is 2.18. The van der Waals surface area contributed by atoms with Crippen LogP contribution in [-0.4, -0.2) is 5.16 Å². The van der Waals surface area contributed by atoms with E-state index in [4.69, 9.17) is 26.6 Å². The number of halogens is 1. The Kier molecular flexibility index (Phi) is 2.78. The molecular weight excluding hydrogens is 216 g/mol. The highest BCUT2D eigenvalue weighted by Gasteiger charge is 2.02. The topological polar surface area (TPSA) is 61.3 Å². The first-order valence-electron chi connectivity index (χ1n) is 4.33. The Morgan fingerprint density at radius 3 is 2.93 bits per heavy atom. The van der Waals surface area contributed by atoms with Crippen molar-refractivity contribution in [1.82, 2.24) is 5.16 Å². The molecule has 0 bridgehead atoms. The van der Waals surface area contributed by atoms with Crippen molar-refractivity contribution in [3.05, 3.63) is 41.1 Å². The molecule has 0 aliphatic heterocycles. The highest BCUT2D eigenvalue weighted by molar-refractivity contribution is 6.30. The smallest absolute Gasteiger partial charge is 0.176 e. The number of hydrogen-bond donors (Lipinski definition) is 1. The lowest BCUT2D eigenvalue weighted by Crippen LogP contribution is -1.93. The Hall–Kier alpha value is -1.68. The molecule has 0 unspecified atom stereocenters. The molecule has 0 amide bonds. The third-order valence-electron chi connectivity index (χ3n) is 1.75. The Morgan fingerprint density at radius 1 is 1.40 bits per heavy atom. The average molecular weight is 225 g/mol. The lowest BCUT2D eigenvalue weighted by Gasteiger charge is -2.02. The van der Waals surface area contributed by atoms with E-state index in [-0.39, 0.29) is 6.61 Å². The zero-order valence-corrected chi connectivity index (χ0v) is 8.57. The molecule has 78 valence electrons. The number of anilines is 1. The van der Waals surface area contributed by atoms with Crippen LogP contribution in [0, 0.1) is 0 Å². The maximum Gasteiger partial charge on any atom is 0.176 e. The van der Waals surface area contributed by atoms with Gasteiger partial charge in [-0.1, -0.05) is 22.8 Å². The van der Waals surface area contributed by atoms with Crippen LogP contribution in [0.5, 0.6) is 5.75 Å². The fraction of sp³-hybridized carbons (Fsp3) is 0.100. The van der Waals surface area contributed by atoms with E-state index in [1.54, 1.807) is 18.2 Å². The second-order valence-corrected chi connectivity index (χ2v) is 3.40. The van der Waals surface area contributed by atoms with Gasteiger partial charge >= 0.3 is 0 Å². The van der Waals surface area contributed by atoms with E-state index >= 15 is 0 Å². The van der Waals surface area contributed by atoms with Gasteiger partial charge in [0.05, 0.1) is 0 Å². The molecule has 2 N–H and O–H groups in total. The van der Waals surface area contributed by atoms with Gasteiger partial charge in [0, 0.05) is 11.1 Å². The summed E-state index contributed by atoms with van der Waals surface area (Å²) in [7, 11) is 0. The van der Waals surface area contributed by atoms with Crippen molar-refractivity contribution >= 4 is 17.4 Å². The number of benzene rings is 1. The van der Waals surface area contributed by atoms with Crippen molar-refractivity contribution in [2.45, 2.75) is 6.61 Å². The third-order valence-corrected chi connectivity index (χ3v) is 1.99. The van der Waals surface area contributed by atoms with E-state index < -0.39 is 0 Å². The first-order chi connectivity index (χ1) is 7.24. The summed E-state index contributed by atoms with van der Waals surface area (Å²) >= 11 is 5.79. The highest BCUT2D eigenvalue weighted by atomic mass is 35.5. The van der Waals surface area contributed by atoms with Gasteiger partial charge in [-0.05, 0) is 18.2 Å². The number of hydrogen-bond acceptors (Lipinski definition) is 4. The van der Waals surface area contributed by atoms with Crippen LogP contribution in [0.4, 0.5) is 5.82 Å². The molecule has 4 nitrogen and oxygen atoms in total. The maximum absolute atomic E-state index is 5.79. The lowest BCUT2D eigenvalue weighted by molar-refractivity contribution is 0.250. The Bertz CT molecular complexity index is 456. The molecule has 0 saturated heterocycles. The van der Waals surface area contributed by atoms with Crippen molar-refractivity contribution in [1.29, 1.82) is 0 Å². The molecule has 0 aliphatic rings. The van der Waals surface area contributed by atoms with Crippen LogP contribution >= 0.6 is 11.6 Å². The molecule has 0 aliphatic carbocycles. The number of nitrogens with zero attached hydrogens (tertiary/aromatic N) is 1. The maximum atomic E-state index is 5.79. The number of aromatic nitrogens is 1. The van der Waals surface area contributed by atoms with E-state index in [1.165, 1.54) is 0 Å². The minimum absolute atomic E-state index is 0.282. The summed E-state index contributed by atoms with van der Waals surface area (Å²) < 4.78 is 10.3. The van der Waals surface area contributed by atoms with Gasteiger partial charge < -0.3 is 15.0 Å². The van der Waals surface area contributed by atoms with Crippen LogP contribution in [0.15, 0.2) is 34.9 Å². The van der Waals surface area contributed by atoms with Gasteiger partial charge in [-0.25, -0.2) is 0 Å². The molecule has 1 aromatic carbocycles. The quantitative estimate of drug-likeness (QED) is 0.870. The summed E-state index contributed by atoms with van der Waals surface area (Å²) in [6.45, 7) is 0.282. The standard InChI is InChI=1S/C10H9ClN2O2/c11-7-2-1-3-8(4-7)14-6-9-5-10(12)13-15-9/h1-5H,6H2,(H2,12,13). The zero-order chi connectivity index (χ0) is 10.7. The first-order valence-corrected chi connectivity index (χ1v) is 4.71. The minimum Gasteiger partial charge on any atom is -0.485 e. The van der Waals surface area contributed by atoms with E-state index in [1.807, 2.05) is 12.1 Å². The molecule has 0 radical (unpaired) electrons. The van der Waals surface area contributed by atoms with Crippen LogP contribution in [-0.2, 0) is 6.61 Å². The SMILES string of the molecule is Nc1cc(COc2cccc(Cl)c2)on1. The van der Waals surface area contributed by atoms with Gasteiger partial charge in [0.25, 0.3) is 0 Å². The molecule has 0 spiro atoms. The van der Waals surface area contributed by atoms with Crippen LogP contribution in [0.1, 0.15) is 5.76 Å². The second-order valence-electron chi connectivity index (χ2n) is 2.96. The Morgan fingerprint density at radius 2 is 2.27 bits per heavy atom. The van der Waals surface area contributed by atoms with E-state index in [0.29, 0.717) is 22.4 Å². The van der Waals surface area contributed by atoms with Gasteiger partial charge in [-0.2, -0.15) is 0 Å². The van der Waals surface area contributed by atoms with Crippen molar-refractivity contribution < 1.29 is 9.26 Å².